The Bertz CT molecular complexity index is 617. The molecule has 2 N–H and O–H groups in total. The van der Waals surface area contributed by atoms with E-state index in [2.05, 4.69) is 26.2 Å². The fourth-order valence-corrected chi connectivity index (χ4v) is 1.98. The fraction of sp³-hybridized carbons (Fsp3) is 0.0769. The lowest BCUT2D eigenvalue weighted by Crippen LogP contribution is -2.03. The van der Waals surface area contributed by atoms with E-state index >= 15 is 0 Å². The average molecular weight is 323 g/mol. The summed E-state index contributed by atoms with van der Waals surface area (Å²) in [5.41, 5.74) is 1.32. The van der Waals surface area contributed by atoms with Gasteiger partial charge >= 0.3 is 5.97 Å². The molecule has 1 aromatic carbocycles. The van der Waals surface area contributed by atoms with E-state index in [4.69, 9.17) is 9.84 Å². The summed E-state index contributed by atoms with van der Waals surface area (Å²) in [5.74, 6) is -0.365. The number of nitrogens with zero attached hydrogens (tertiary/aromatic N) is 1. The number of hydrogen-bond donors (Lipinski definition) is 2. The summed E-state index contributed by atoms with van der Waals surface area (Å²) in [6.07, 6.45) is 2.84. The molecule has 0 aliphatic carbocycles. The third-order valence-electron chi connectivity index (χ3n) is 2.48. The van der Waals surface area contributed by atoms with Gasteiger partial charge in [0, 0.05) is 24.1 Å². The first-order valence-electron chi connectivity index (χ1n) is 5.39. The fourth-order valence-electron chi connectivity index (χ4n) is 1.57. The maximum atomic E-state index is 11.1. The highest BCUT2D eigenvalue weighted by molar-refractivity contribution is 9.10. The van der Waals surface area contributed by atoms with Gasteiger partial charge in [0.15, 0.2) is 0 Å². The number of pyridine rings is 1. The molecule has 1 aromatic heterocycles. The lowest BCUT2D eigenvalue weighted by molar-refractivity contribution is 0.0697. The SMILES string of the molecule is COc1cc(Nc2ccncc2C(=O)O)ccc1Br. The lowest BCUT2D eigenvalue weighted by Gasteiger charge is -2.11. The molecule has 6 heteroatoms. The van der Waals surface area contributed by atoms with Gasteiger partial charge in [-0.05, 0) is 34.1 Å². The molecule has 0 saturated heterocycles. The van der Waals surface area contributed by atoms with Gasteiger partial charge in [-0.25, -0.2) is 4.79 Å². The zero-order chi connectivity index (χ0) is 13.8. The van der Waals surface area contributed by atoms with E-state index in [0.29, 0.717) is 11.4 Å². The van der Waals surface area contributed by atoms with Crippen molar-refractivity contribution in [3.05, 3.63) is 46.7 Å². The van der Waals surface area contributed by atoms with Crippen LogP contribution >= 0.6 is 15.9 Å². The number of anilines is 2. The van der Waals surface area contributed by atoms with Crippen LogP contribution in [0.1, 0.15) is 10.4 Å². The van der Waals surface area contributed by atoms with Crippen LogP contribution in [0.5, 0.6) is 5.75 Å². The number of hydrogen-bond acceptors (Lipinski definition) is 4. The zero-order valence-corrected chi connectivity index (χ0v) is 11.6. The van der Waals surface area contributed by atoms with Gasteiger partial charge in [-0.1, -0.05) is 0 Å². The molecule has 0 unspecified atom stereocenters. The lowest BCUT2D eigenvalue weighted by atomic mass is 10.2. The van der Waals surface area contributed by atoms with Crippen LogP contribution in [0.2, 0.25) is 0 Å². The molecular weight excluding hydrogens is 312 g/mol. The van der Waals surface area contributed by atoms with E-state index in [-0.39, 0.29) is 5.56 Å². The minimum atomic E-state index is -1.03. The molecule has 0 aliphatic rings. The first-order chi connectivity index (χ1) is 9.11. The van der Waals surface area contributed by atoms with Gasteiger partial charge in [0.25, 0.3) is 0 Å². The summed E-state index contributed by atoms with van der Waals surface area (Å²) < 4.78 is 6.01. The molecule has 19 heavy (non-hydrogen) atoms. The normalized spacial score (nSPS) is 10.0. The summed E-state index contributed by atoms with van der Waals surface area (Å²) in [7, 11) is 1.57. The second-order valence-electron chi connectivity index (χ2n) is 3.70. The van der Waals surface area contributed by atoms with E-state index in [0.717, 1.165) is 10.2 Å². The quantitative estimate of drug-likeness (QED) is 0.903. The van der Waals surface area contributed by atoms with Crippen LogP contribution in [0.25, 0.3) is 0 Å². The average Bonchev–Trinajstić information content (AvgIpc) is 2.41. The first kappa shape index (κ1) is 13.4. The van der Waals surface area contributed by atoms with Crippen molar-refractivity contribution in [2.24, 2.45) is 0 Å². The zero-order valence-electron chi connectivity index (χ0n) is 10.1. The van der Waals surface area contributed by atoms with Gasteiger partial charge in [-0.2, -0.15) is 0 Å². The van der Waals surface area contributed by atoms with E-state index in [1.54, 1.807) is 19.2 Å². The number of carbonyl (C=O) groups is 1. The number of aromatic carboxylic acids is 1. The Labute approximate surface area is 118 Å². The Balaban J connectivity index is 2.34. The largest absolute Gasteiger partial charge is 0.495 e. The number of methoxy groups -OCH3 is 1. The molecule has 2 aromatic rings. The molecule has 0 saturated carbocycles. The van der Waals surface area contributed by atoms with Gasteiger partial charge in [0.2, 0.25) is 0 Å². The highest BCUT2D eigenvalue weighted by Crippen LogP contribution is 2.30. The number of halogens is 1. The topological polar surface area (TPSA) is 71.5 Å². The third kappa shape index (κ3) is 3.03. The Morgan fingerprint density at radius 1 is 1.42 bits per heavy atom. The third-order valence-corrected chi connectivity index (χ3v) is 3.14. The maximum Gasteiger partial charge on any atom is 0.339 e. The van der Waals surface area contributed by atoms with E-state index in [1.807, 2.05) is 12.1 Å². The van der Waals surface area contributed by atoms with Gasteiger partial charge in [-0.3, -0.25) is 4.98 Å². The van der Waals surface area contributed by atoms with Crippen LogP contribution in [0.3, 0.4) is 0 Å². The van der Waals surface area contributed by atoms with E-state index in [1.165, 1.54) is 12.4 Å². The van der Waals surface area contributed by atoms with Crippen LogP contribution < -0.4 is 10.1 Å². The van der Waals surface area contributed by atoms with Crippen LogP contribution in [0.15, 0.2) is 41.1 Å². The smallest absolute Gasteiger partial charge is 0.339 e. The van der Waals surface area contributed by atoms with Crippen molar-refractivity contribution in [3.63, 3.8) is 0 Å². The monoisotopic (exact) mass is 322 g/mol. The van der Waals surface area contributed by atoms with Gasteiger partial charge < -0.3 is 15.2 Å². The minimum absolute atomic E-state index is 0.115. The maximum absolute atomic E-state index is 11.1. The summed E-state index contributed by atoms with van der Waals surface area (Å²) in [6.45, 7) is 0. The summed E-state index contributed by atoms with van der Waals surface area (Å²) in [4.78, 5) is 14.9. The summed E-state index contributed by atoms with van der Waals surface area (Å²) >= 11 is 3.36. The molecule has 0 fully saturated rings. The Hall–Kier alpha value is -2.08. The van der Waals surface area contributed by atoms with Crippen molar-refractivity contribution < 1.29 is 14.6 Å². The number of carboxylic acids is 1. The van der Waals surface area contributed by atoms with Crippen molar-refractivity contribution >= 4 is 33.3 Å². The van der Waals surface area contributed by atoms with Gasteiger partial charge in [0.05, 0.1) is 17.3 Å². The highest BCUT2D eigenvalue weighted by atomic mass is 79.9. The molecule has 98 valence electrons. The van der Waals surface area contributed by atoms with Crippen LogP contribution in [-0.2, 0) is 0 Å². The number of rotatable bonds is 4. The predicted molar refractivity (Wildman–Crippen MR) is 75.2 cm³/mol. The van der Waals surface area contributed by atoms with Crippen molar-refractivity contribution in [1.29, 1.82) is 0 Å². The molecule has 0 bridgehead atoms. The van der Waals surface area contributed by atoms with Crippen LogP contribution in [-0.4, -0.2) is 23.2 Å². The summed E-state index contributed by atoms with van der Waals surface area (Å²) in [6, 6.07) is 7.02. The number of nitrogens with one attached hydrogen (secondary N) is 1. The van der Waals surface area contributed by atoms with Crippen LogP contribution in [0, 0.1) is 0 Å². The highest BCUT2D eigenvalue weighted by Gasteiger charge is 2.10. The van der Waals surface area contributed by atoms with E-state index in [9.17, 15) is 4.79 Å². The molecule has 0 radical (unpaired) electrons. The number of ether oxygens (including phenoxy) is 1. The molecule has 0 aliphatic heterocycles. The Morgan fingerprint density at radius 3 is 2.89 bits per heavy atom. The molecule has 0 amide bonds. The molecule has 1 heterocycles. The predicted octanol–water partition coefficient (Wildman–Crippen LogP) is 3.29. The van der Waals surface area contributed by atoms with Crippen molar-refractivity contribution in [2.45, 2.75) is 0 Å². The second-order valence-corrected chi connectivity index (χ2v) is 4.56. The molecule has 0 spiro atoms. The standard InChI is InChI=1S/C13H11BrN2O3/c1-19-12-6-8(2-3-10(12)14)16-11-4-5-15-7-9(11)13(17)18/h2-7H,1H3,(H,15,16)(H,17,18). The molecule has 2 rings (SSSR count). The second kappa shape index (κ2) is 5.71. The number of benzene rings is 1. The summed E-state index contributed by atoms with van der Waals surface area (Å²) in [5, 5.41) is 12.1. The van der Waals surface area contributed by atoms with Gasteiger partial charge in [0.1, 0.15) is 11.3 Å². The molecule has 5 nitrogen and oxygen atoms in total. The first-order valence-corrected chi connectivity index (χ1v) is 6.19. The van der Waals surface area contributed by atoms with Crippen molar-refractivity contribution in [2.75, 3.05) is 12.4 Å². The molecule has 0 atom stereocenters. The van der Waals surface area contributed by atoms with Crippen LogP contribution in [0.4, 0.5) is 11.4 Å². The van der Waals surface area contributed by atoms with Crippen molar-refractivity contribution in [3.8, 4) is 5.75 Å². The van der Waals surface area contributed by atoms with E-state index < -0.39 is 5.97 Å². The minimum Gasteiger partial charge on any atom is -0.495 e. The number of carboxylic acid groups (broad SMARTS) is 1. The Morgan fingerprint density at radius 2 is 2.21 bits per heavy atom. The molecular formula is C13H11BrN2O3. The number of aromatic nitrogens is 1. The Kier molecular flexibility index (Phi) is 4.01. The van der Waals surface area contributed by atoms with Crippen molar-refractivity contribution in [1.82, 2.24) is 4.98 Å². The van der Waals surface area contributed by atoms with Gasteiger partial charge in [-0.15, -0.1) is 0 Å².